The topological polar surface area (TPSA) is 39.4 Å². The third kappa shape index (κ3) is 2.07. The van der Waals surface area contributed by atoms with E-state index in [2.05, 4.69) is 10.1 Å². The molecule has 0 amide bonds. The van der Waals surface area contributed by atoms with E-state index in [1.807, 2.05) is 18.5 Å². The standard InChI is InChI=1S/C7H11N3O/c1-3-11-9-5-7-4-8-6-10(7)2/h4-6H,3H2,1-2H3/b9-5+. The highest BCUT2D eigenvalue weighted by Gasteiger charge is 1.91. The second kappa shape index (κ2) is 3.75. The normalized spacial score (nSPS) is 10.7. The molecule has 1 rings (SSSR count). The van der Waals surface area contributed by atoms with Crippen molar-refractivity contribution in [3.8, 4) is 0 Å². The average molecular weight is 153 g/mol. The van der Waals surface area contributed by atoms with Crippen LogP contribution in [0.3, 0.4) is 0 Å². The summed E-state index contributed by atoms with van der Waals surface area (Å²) in [6, 6.07) is 0. The van der Waals surface area contributed by atoms with E-state index >= 15 is 0 Å². The maximum absolute atomic E-state index is 4.79. The molecule has 0 aliphatic rings. The highest BCUT2D eigenvalue weighted by atomic mass is 16.6. The van der Waals surface area contributed by atoms with Gasteiger partial charge in [-0.2, -0.15) is 0 Å². The lowest BCUT2D eigenvalue weighted by Crippen LogP contribution is -1.93. The average Bonchev–Trinajstić information content (AvgIpc) is 2.37. The maximum atomic E-state index is 4.79. The van der Waals surface area contributed by atoms with Crippen molar-refractivity contribution in [1.29, 1.82) is 0 Å². The van der Waals surface area contributed by atoms with Crippen LogP contribution >= 0.6 is 0 Å². The van der Waals surface area contributed by atoms with Gasteiger partial charge in [-0.05, 0) is 6.92 Å². The second-order valence-electron chi connectivity index (χ2n) is 2.08. The fourth-order valence-corrected chi connectivity index (χ4v) is 0.658. The van der Waals surface area contributed by atoms with Crippen LogP contribution in [0.15, 0.2) is 17.7 Å². The van der Waals surface area contributed by atoms with Crippen molar-refractivity contribution in [2.24, 2.45) is 12.2 Å². The number of oxime groups is 1. The first-order chi connectivity index (χ1) is 5.34. The quantitative estimate of drug-likeness (QED) is 0.475. The minimum absolute atomic E-state index is 0.592. The number of hydrogen-bond acceptors (Lipinski definition) is 3. The summed E-state index contributed by atoms with van der Waals surface area (Å²) < 4.78 is 1.86. The van der Waals surface area contributed by atoms with E-state index in [0.717, 1.165) is 5.69 Å². The minimum Gasteiger partial charge on any atom is -0.396 e. The van der Waals surface area contributed by atoms with Gasteiger partial charge in [-0.3, -0.25) is 0 Å². The Balaban J connectivity index is 2.56. The van der Waals surface area contributed by atoms with Crippen molar-refractivity contribution in [2.75, 3.05) is 6.61 Å². The summed E-state index contributed by atoms with van der Waals surface area (Å²) in [6.45, 7) is 2.48. The Morgan fingerprint density at radius 2 is 2.64 bits per heavy atom. The van der Waals surface area contributed by atoms with Gasteiger partial charge in [-0.1, -0.05) is 5.16 Å². The monoisotopic (exact) mass is 153 g/mol. The Morgan fingerprint density at radius 3 is 3.18 bits per heavy atom. The lowest BCUT2D eigenvalue weighted by Gasteiger charge is -1.92. The molecule has 0 saturated heterocycles. The van der Waals surface area contributed by atoms with E-state index in [9.17, 15) is 0 Å². The molecule has 0 aromatic carbocycles. The number of hydrogen-bond donors (Lipinski definition) is 0. The fourth-order valence-electron chi connectivity index (χ4n) is 0.658. The molecule has 0 spiro atoms. The molecule has 0 atom stereocenters. The van der Waals surface area contributed by atoms with Gasteiger partial charge in [0.2, 0.25) is 0 Å². The molecule has 0 saturated carbocycles. The predicted molar refractivity (Wildman–Crippen MR) is 42.4 cm³/mol. The fraction of sp³-hybridized carbons (Fsp3) is 0.429. The smallest absolute Gasteiger partial charge is 0.114 e. The SMILES string of the molecule is CCO/N=C/c1cncn1C. The van der Waals surface area contributed by atoms with E-state index in [1.54, 1.807) is 18.7 Å². The van der Waals surface area contributed by atoms with Gasteiger partial charge in [-0.15, -0.1) is 0 Å². The second-order valence-corrected chi connectivity index (χ2v) is 2.08. The van der Waals surface area contributed by atoms with Crippen LogP contribution in [-0.2, 0) is 11.9 Å². The van der Waals surface area contributed by atoms with Gasteiger partial charge < -0.3 is 9.40 Å². The summed E-state index contributed by atoms with van der Waals surface area (Å²) in [6.07, 6.45) is 5.08. The van der Waals surface area contributed by atoms with Gasteiger partial charge >= 0.3 is 0 Å². The van der Waals surface area contributed by atoms with Crippen LogP contribution in [0.25, 0.3) is 0 Å². The molecule has 0 aliphatic heterocycles. The molecule has 0 bridgehead atoms. The Labute approximate surface area is 65.5 Å². The summed E-state index contributed by atoms with van der Waals surface area (Å²) in [5.41, 5.74) is 0.929. The predicted octanol–water partition coefficient (Wildman–Crippen LogP) is 0.790. The van der Waals surface area contributed by atoms with Crippen LogP contribution in [0.5, 0.6) is 0 Å². The van der Waals surface area contributed by atoms with Crippen molar-refractivity contribution in [3.05, 3.63) is 18.2 Å². The van der Waals surface area contributed by atoms with Crippen LogP contribution in [0.2, 0.25) is 0 Å². The number of nitrogens with zero attached hydrogens (tertiary/aromatic N) is 3. The van der Waals surface area contributed by atoms with Gasteiger partial charge in [-0.25, -0.2) is 4.98 Å². The van der Waals surface area contributed by atoms with E-state index in [-0.39, 0.29) is 0 Å². The Bertz CT molecular complexity index is 242. The molecular formula is C7H11N3O. The summed E-state index contributed by atoms with van der Waals surface area (Å²) in [5.74, 6) is 0. The Kier molecular flexibility index (Phi) is 2.66. The Morgan fingerprint density at radius 1 is 1.82 bits per heavy atom. The minimum atomic E-state index is 0.592. The van der Waals surface area contributed by atoms with Gasteiger partial charge in [0.15, 0.2) is 0 Å². The van der Waals surface area contributed by atoms with Crippen LogP contribution in [0.4, 0.5) is 0 Å². The number of imidazole rings is 1. The van der Waals surface area contributed by atoms with Gasteiger partial charge in [0.25, 0.3) is 0 Å². The molecule has 0 aliphatic carbocycles. The van der Waals surface area contributed by atoms with Gasteiger partial charge in [0, 0.05) is 7.05 Å². The first kappa shape index (κ1) is 7.78. The van der Waals surface area contributed by atoms with Crippen LogP contribution in [-0.4, -0.2) is 22.4 Å². The van der Waals surface area contributed by atoms with E-state index < -0.39 is 0 Å². The van der Waals surface area contributed by atoms with Crippen LogP contribution in [0.1, 0.15) is 12.6 Å². The lowest BCUT2D eigenvalue weighted by molar-refractivity contribution is 0.160. The molecule has 1 heterocycles. The third-order valence-electron chi connectivity index (χ3n) is 1.24. The van der Waals surface area contributed by atoms with Gasteiger partial charge in [0.05, 0.1) is 24.4 Å². The van der Waals surface area contributed by atoms with E-state index in [1.165, 1.54) is 0 Å². The molecule has 4 heteroatoms. The molecule has 11 heavy (non-hydrogen) atoms. The molecule has 1 aromatic rings. The first-order valence-corrected chi connectivity index (χ1v) is 3.46. The number of aryl methyl sites for hydroxylation is 1. The van der Waals surface area contributed by atoms with Crippen molar-refractivity contribution in [1.82, 2.24) is 9.55 Å². The zero-order valence-corrected chi connectivity index (χ0v) is 6.69. The van der Waals surface area contributed by atoms with E-state index in [0.29, 0.717) is 6.61 Å². The summed E-state index contributed by atoms with van der Waals surface area (Å²) in [4.78, 5) is 8.71. The molecule has 0 unspecified atom stereocenters. The van der Waals surface area contributed by atoms with Crippen molar-refractivity contribution < 1.29 is 4.84 Å². The number of rotatable bonds is 3. The summed E-state index contributed by atoms with van der Waals surface area (Å²) >= 11 is 0. The molecular weight excluding hydrogens is 142 g/mol. The summed E-state index contributed by atoms with van der Waals surface area (Å²) in [7, 11) is 1.90. The van der Waals surface area contributed by atoms with Crippen molar-refractivity contribution in [3.63, 3.8) is 0 Å². The first-order valence-electron chi connectivity index (χ1n) is 3.46. The van der Waals surface area contributed by atoms with Crippen molar-refractivity contribution >= 4 is 6.21 Å². The summed E-state index contributed by atoms with van der Waals surface area (Å²) in [5, 5.41) is 3.71. The molecule has 0 fully saturated rings. The lowest BCUT2D eigenvalue weighted by atomic mass is 10.5. The number of aromatic nitrogens is 2. The van der Waals surface area contributed by atoms with Gasteiger partial charge in [0.1, 0.15) is 6.61 Å². The van der Waals surface area contributed by atoms with Crippen molar-refractivity contribution in [2.45, 2.75) is 6.92 Å². The molecule has 4 nitrogen and oxygen atoms in total. The zero-order valence-electron chi connectivity index (χ0n) is 6.69. The largest absolute Gasteiger partial charge is 0.396 e. The molecule has 60 valence electrons. The molecule has 0 N–H and O–H groups in total. The molecule has 1 aromatic heterocycles. The highest BCUT2D eigenvalue weighted by molar-refractivity contribution is 5.76. The maximum Gasteiger partial charge on any atom is 0.114 e. The van der Waals surface area contributed by atoms with Crippen LogP contribution < -0.4 is 0 Å². The zero-order chi connectivity index (χ0) is 8.10. The Hall–Kier alpha value is -1.32. The highest BCUT2D eigenvalue weighted by Crippen LogP contribution is 1.90. The molecule has 0 radical (unpaired) electrons. The van der Waals surface area contributed by atoms with Crippen LogP contribution in [0, 0.1) is 0 Å². The van der Waals surface area contributed by atoms with E-state index in [4.69, 9.17) is 4.84 Å². The third-order valence-corrected chi connectivity index (χ3v) is 1.24.